The Morgan fingerprint density at radius 2 is 1.96 bits per heavy atom. The summed E-state index contributed by atoms with van der Waals surface area (Å²) in [4.78, 5) is 23.5. The van der Waals surface area contributed by atoms with E-state index in [1.807, 2.05) is 45.0 Å². The molecule has 1 atom stereocenters. The van der Waals surface area contributed by atoms with E-state index in [0.717, 1.165) is 24.2 Å². The highest BCUT2D eigenvalue weighted by Crippen LogP contribution is 2.15. The minimum absolute atomic E-state index is 0.0750. The van der Waals surface area contributed by atoms with Crippen LogP contribution >= 0.6 is 0 Å². The number of nitrogens with one attached hydrogen (secondary N) is 1. The summed E-state index contributed by atoms with van der Waals surface area (Å²) in [5.74, 6) is 0.0256. The molecule has 0 saturated carbocycles. The van der Waals surface area contributed by atoms with E-state index in [4.69, 9.17) is 9.47 Å². The third kappa shape index (κ3) is 8.24. The Morgan fingerprint density at radius 1 is 1.22 bits per heavy atom. The van der Waals surface area contributed by atoms with Crippen molar-refractivity contribution in [3.63, 3.8) is 0 Å². The van der Waals surface area contributed by atoms with E-state index in [1.165, 1.54) is 0 Å². The Balaban J connectivity index is 2.40. The number of rotatable bonds is 9. The van der Waals surface area contributed by atoms with Crippen LogP contribution in [-0.4, -0.2) is 30.6 Å². The molecule has 1 rings (SSSR count). The highest BCUT2D eigenvalue weighted by molar-refractivity contribution is 5.81. The second kappa shape index (κ2) is 9.87. The minimum atomic E-state index is -0.426. The van der Waals surface area contributed by atoms with Crippen LogP contribution in [-0.2, 0) is 20.7 Å². The zero-order valence-corrected chi connectivity index (χ0v) is 14.4. The first-order chi connectivity index (χ1) is 10.9. The molecule has 5 heteroatoms. The van der Waals surface area contributed by atoms with Crippen molar-refractivity contribution in [1.82, 2.24) is 5.32 Å². The molecule has 1 aromatic rings. The fraction of sp³-hybridized carbons (Fsp3) is 0.556. The summed E-state index contributed by atoms with van der Waals surface area (Å²) >= 11 is 0. The molecular formula is C18H27NO4. The molecule has 0 fully saturated rings. The van der Waals surface area contributed by atoms with Gasteiger partial charge in [0.1, 0.15) is 5.75 Å². The van der Waals surface area contributed by atoms with Crippen molar-refractivity contribution in [1.29, 1.82) is 0 Å². The topological polar surface area (TPSA) is 64.6 Å². The van der Waals surface area contributed by atoms with Crippen LogP contribution in [0.4, 0.5) is 0 Å². The third-order valence-corrected chi connectivity index (χ3v) is 3.11. The zero-order chi connectivity index (χ0) is 17.2. The number of carbonyl (C=O) groups is 2. The summed E-state index contributed by atoms with van der Waals surface area (Å²) in [6, 6.07) is 7.41. The van der Waals surface area contributed by atoms with Crippen LogP contribution in [0, 0.1) is 0 Å². The average Bonchev–Trinajstić information content (AvgIpc) is 2.45. The van der Waals surface area contributed by atoms with E-state index in [0.29, 0.717) is 0 Å². The van der Waals surface area contributed by atoms with Gasteiger partial charge in [0.2, 0.25) is 0 Å². The predicted octanol–water partition coefficient (Wildman–Crippen LogP) is 2.86. The molecule has 0 radical (unpaired) electrons. The first-order valence-electron chi connectivity index (χ1n) is 8.11. The van der Waals surface area contributed by atoms with Gasteiger partial charge in [-0.1, -0.05) is 25.5 Å². The monoisotopic (exact) mass is 321 g/mol. The molecule has 0 spiro atoms. The van der Waals surface area contributed by atoms with Crippen molar-refractivity contribution in [2.24, 2.45) is 0 Å². The smallest absolute Gasteiger partial charge is 0.310 e. The van der Waals surface area contributed by atoms with Crippen molar-refractivity contribution in [3.8, 4) is 5.75 Å². The number of hydrogen-bond acceptors (Lipinski definition) is 4. The van der Waals surface area contributed by atoms with Gasteiger partial charge in [-0.25, -0.2) is 0 Å². The van der Waals surface area contributed by atoms with Gasteiger partial charge in [-0.2, -0.15) is 0 Å². The Bertz CT molecular complexity index is 513. The average molecular weight is 321 g/mol. The predicted molar refractivity (Wildman–Crippen MR) is 89.4 cm³/mol. The molecule has 1 aromatic carbocycles. The van der Waals surface area contributed by atoms with E-state index >= 15 is 0 Å². The molecule has 0 bridgehead atoms. The lowest BCUT2D eigenvalue weighted by atomic mass is 10.1. The molecule has 0 aliphatic rings. The minimum Gasteiger partial charge on any atom is -0.491 e. The Kier molecular flexibility index (Phi) is 8.16. The summed E-state index contributed by atoms with van der Waals surface area (Å²) < 4.78 is 10.6. The molecule has 1 N–H and O–H groups in total. The SMILES string of the molecule is CCCC(C)NC(=O)COC(=O)Cc1cccc(OC(C)C)c1. The molecule has 1 unspecified atom stereocenters. The lowest BCUT2D eigenvalue weighted by molar-refractivity contribution is -0.148. The molecule has 0 aliphatic heterocycles. The van der Waals surface area contributed by atoms with Crippen LogP contribution < -0.4 is 10.1 Å². The van der Waals surface area contributed by atoms with Crippen LogP contribution in [0.15, 0.2) is 24.3 Å². The molecule has 128 valence electrons. The van der Waals surface area contributed by atoms with Crippen LogP contribution in [0.2, 0.25) is 0 Å². The number of carbonyl (C=O) groups excluding carboxylic acids is 2. The van der Waals surface area contributed by atoms with E-state index < -0.39 is 5.97 Å². The summed E-state index contributed by atoms with van der Waals surface area (Å²) in [7, 11) is 0. The molecule has 0 aliphatic carbocycles. The lowest BCUT2D eigenvalue weighted by Gasteiger charge is -2.13. The summed E-state index contributed by atoms with van der Waals surface area (Å²) in [6.07, 6.45) is 2.09. The molecule has 1 amide bonds. The highest BCUT2D eigenvalue weighted by atomic mass is 16.5. The van der Waals surface area contributed by atoms with Crippen molar-refractivity contribution in [2.75, 3.05) is 6.61 Å². The van der Waals surface area contributed by atoms with Crippen molar-refractivity contribution in [3.05, 3.63) is 29.8 Å². The standard InChI is InChI=1S/C18H27NO4/c1-5-7-14(4)19-17(20)12-22-18(21)11-15-8-6-9-16(10-15)23-13(2)3/h6,8-10,13-14H,5,7,11-12H2,1-4H3,(H,19,20). The Labute approximate surface area is 138 Å². The van der Waals surface area contributed by atoms with Gasteiger partial charge >= 0.3 is 5.97 Å². The van der Waals surface area contributed by atoms with Gasteiger partial charge in [-0.3, -0.25) is 9.59 Å². The van der Waals surface area contributed by atoms with E-state index in [1.54, 1.807) is 0 Å². The summed E-state index contributed by atoms with van der Waals surface area (Å²) in [6.45, 7) is 7.64. The first-order valence-corrected chi connectivity index (χ1v) is 8.11. The number of esters is 1. The van der Waals surface area contributed by atoms with Crippen LogP contribution in [0.3, 0.4) is 0 Å². The Morgan fingerprint density at radius 3 is 2.61 bits per heavy atom. The van der Waals surface area contributed by atoms with E-state index in [9.17, 15) is 9.59 Å². The van der Waals surface area contributed by atoms with Gasteiger partial charge < -0.3 is 14.8 Å². The fourth-order valence-corrected chi connectivity index (χ4v) is 2.19. The second-order valence-corrected chi connectivity index (χ2v) is 5.91. The zero-order valence-electron chi connectivity index (χ0n) is 14.4. The molecule has 0 aromatic heterocycles. The van der Waals surface area contributed by atoms with Gasteiger partial charge in [0.25, 0.3) is 5.91 Å². The molecule has 0 heterocycles. The maximum absolute atomic E-state index is 11.8. The molecule has 0 saturated heterocycles. The largest absolute Gasteiger partial charge is 0.491 e. The van der Waals surface area contributed by atoms with Crippen LogP contribution in [0.1, 0.15) is 46.1 Å². The first kappa shape index (κ1) is 19.0. The van der Waals surface area contributed by atoms with Gasteiger partial charge in [0, 0.05) is 6.04 Å². The Hall–Kier alpha value is -2.04. The summed E-state index contributed by atoms with van der Waals surface area (Å²) in [5, 5.41) is 2.79. The number of ether oxygens (including phenoxy) is 2. The van der Waals surface area contributed by atoms with E-state index in [2.05, 4.69) is 12.2 Å². The van der Waals surface area contributed by atoms with E-state index in [-0.39, 0.29) is 31.1 Å². The van der Waals surface area contributed by atoms with Gasteiger partial charge in [0.05, 0.1) is 12.5 Å². The fourth-order valence-electron chi connectivity index (χ4n) is 2.19. The van der Waals surface area contributed by atoms with Gasteiger partial charge in [-0.15, -0.1) is 0 Å². The van der Waals surface area contributed by atoms with Crippen LogP contribution in [0.25, 0.3) is 0 Å². The molecular weight excluding hydrogens is 294 g/mol. The summed E-state index contributed by atoms with van der Waals surface area (Å²) in [5.41, 5.74) is 0.799. The van der Waals surface area contributed by atoms with Crippen molar-refractivity contribution < 1.29 is 19.1 Å². The number of hydrogen-bond donors (Lipinski definition) is 1. The maximum Gasteiger partial charge on any atom is 0.310 e. The molecule has 23 heavy (non-hydrogen) atoms. The quantitative estimate of drug-likeness (QED) is 0.710. The van der Waals surface area contributed by atoms with Gasteiger partial charge in [0.15, 0.2) is 6.61 Å². The lowest BCUT2D eigenvalue weighted by Crippen LogP contribution is -2.35. The maximum atomic E-state index is 11.8. The highest BCUT2D eigenvalue weighted by Gasteiger charge is 2.11. The van der Waals surface area contributed by atoms with Crippen molar-refractivity contribution >= 4 is 11.9 Å². The number of benzene rings is 1. The second-order valence-electron chi connectivity index (χ2n) is 5.91. The van der Waals surface area contributed by atoms with Crippen molar-refractivity contribution in [2.45, 2.75) is 59.1 Å². The molecule has 5 nitrogen and oxygen atoms in total. The normalized spacial score (nSPS) is 11.9. The number of amides is 1. The van der Waals surface area contributed by atoms with Gasteiger partial charge in [-0.05, 0) is 44.9 Å². The van der Waals surface area contributed by atoms with Crippen LogP contribution in [0.5, 0.6) is 5.75 Å². The third-order valence-electron chi connectivity index (χ3n) is 3.11.